The molecule has 8 nitrogen and oxygen atoms in total. The molecule has 1 aliphatic heterocycles. The van der Waals surface area contributed by atoms with E-state index in [2.05, 4.69) is 4.57 Å². The van der Waals surface area contributed by atoms with Crippen LogP contribution in [0.5, 0.6) is 0 Å². The van der Waals surface area contributed by atoms with Crippen LogP contribution < -0.4 is 0 Å². The molecule has 1 aromatic heterocycles. The molecule has 8 heteroatoms. The number of esters is 1. The van der Waals surface area contributed by atoms with Gasteiger partial charge in [-0.05, 0) is 52.2 Å². The van der Waals surface area contributed by atoms with Crippen LogP contribution in [0.3, 0.4) is 0 Å². The Labute approximate surface area is 183 Å². The zero-order valence-corrected chi connectivity index (χ0v) is 19.1. The number of para-hydroxylation sites is 1. The Bertz CT molecular complexity index is 931. The summed E-state index contributed by atoms with van der Waals surface area (Å²) in [7, 11) is 3.06. The van der Waals surface area contributed by atoms with Gasteiger partial charge in [-0.25, -0.2) is 14.6 Å². The molecule has 0 N–H and O–H groups in total. The van der Waals surface area contributed by atoms with Crippen LogP contribution in [-0.2, 0) is 20.8 Å². The number of hydrogen-bond donors (Lipinski definition) is 0. The fourth-order valence-electron chi connectivity index (χ4n) is 4.06. The third-order valence-electron chi connectivity index (χ3n) is 5.37. The van der Waals surface area contributed by atoms with E-state index >= 15 is 0 Å². The molecule has 0 radical (unpaired) electrons. The molecule has 1 aliphatic rings. The Morgan fingerprint density at radius 1 is 1.23 bits per heavy atom. The minimum atomic E-state index is -0.535. The van der Waals surface area contributed by atoms with Gasteiger partial charge in [-0.15, -0.1) is 0 Å². The van der Waals surface area contributed by atoms with Gasteiger partial charge in [-0.2, -0.15) is 0 Å². The van der Waals surface area contributed by atoms with E-state index in [1.807, 2.05) is 32.9 Å². The van der Waals surface area contributed by atoms with Gasteiger partial charge >= 0.3 is 12.1 Å². The predicted octanol–water partition coefficient (Wildman–Crippen LogP) is 3.97. The van der Waals surface area contributed by atoms with E-state index in [1.165, 1.54) is 7.11 Å². The van der Waals surface area contributed by atoms with E-state index in [1.54, 1.807) is 18.1 Å². The summed E-state index contributed by atoms with van der Waals surface area (Å²) in [6.07, 6.45) is 2.28. The molecule has 0 bridgehead atoms. The molecule has 1 aromatic carbocycles. The number of hydrogen-bond acceptors (Lipinski definition) is 6. The van der Waals surface area contributed by atoms with Crippen LogP contribution >= 0.6 is 0 Å². The molecule has 1 saturated heterocycles. The van der Waals surface area contributed by atoms with E-state index in [0.29, 0.717) is 31.8 Å². The molecule has 0 spiro atoms. The van der Waals surface area contributed by atoms with Crippen LogP contribution in [0.4, 0.5) is 4.79 Å². The van der Waals surface area contributed by atoms with Gasteiger partial charge in [0, 0.05) is 39.3 Å². The van der Waals surface area contributed by atoms with Gasteiger partial charge in [0.05, 0.1) is 23.7 Å². The predicted molar refractivity (Wildman–Crippen MR) is 117 cm³/mol. The van der Waals surface area contributed by atoms with Crippen molar-refractivity contribution in [3.63, 3.8) is 0 Å². The number of nitrogens with zero attached hydrogens (tertiary/aromatic N) is 3. The molecule has 2 heterocycles. The van der Waals surface area contributed by atoms with Crippen molar-refractivity contribution in [3.05, 3.63) is 29.6 Å². The van der Waals surface area contributed by atoms with Gasteiger partial charge in [0.15, 0.2) is 0 Å². The normalized spacial score (nSPS) is 17.1. The van der Waals surface area contributed by atoms with Crippen molar-refractivity contribution >= 4 is 23.1 Å². The first kappa shape index (κ1) is 23.1. The van der Waals surface area contributed by atoms with Crippen molar-refractivity contribution in [3.8, 4) is 0 Å². The summed E-state index contributed by atoms with van der Waals surface area (Å²) in [4.78, 5) is 31.7. The van der Waals surface area contributed by atoms with Crippen molar-refractivity contribution in [2.45, 2.75) is 58.1 Å². The molecular weight excluding hydrogens is 398 g/mol. The number of amides is 1. The fraction of sp³-hybridized carbons (Fsp3) is 0.609. The van der Waals surface area contributed by atoms with Gasteiger partial charge in [-0.1, -0.05) is 6.07 Å². The van der Waals surface area contributed by atoms with Crippen LogP contribution in [-0.4, -0.2) is 66.0 Å². The molecule has 1 unspecified atom stereocenters. The molecule has 1 amide bonds. The molecule has 3 rings (SSSR count). The monoisotopic (exact) mass is 431 g/mol. The van der Waals surface area contributed by atoms with E-state index in [-0.39, 0.29) is 18.0 Å². The maximum Gasteiger partial charge on any atom is 0.410 e. The highest BCUT2D eigenvalue weighted by molar-refractivity contribution is 6.02. The summed E-state index contributed by atoms with van der Waals surface area (Å²) in [5.41, 5.74) is 1.49. The Kier molecular flexibility index (Phi) is 7.20. The Morgan fingerprint density at radius 2 is 2.00 bits per heavy atom. The lowest BCUT2D eigenvalue weighted by Gasteiger charge is -2.34. The minimum Gasteiger partial charge on any atom is -0.465 e. The number of likely N-dealkylation sites (tertiary alicyclic amines) is 1. The lowest BCUT2D eigenvalue weighted by atomic mass is 9.97. The third-order valence-corrected chi connectivity index (χ3v) is 5.37. The zero-order chi connectivity index (χ0) is 22.6. The summed E-state index contributed by atoms with van der Waals surface area (Å²) in [5.74, 6) is 0.557. The zero-order valence-electron chi connectivity index (χ0n) is 19.1. The highest BCUT2D eigenvalue weighted by atomic mass is 16.6. The molecule has 31 heavy (non-hydrogen) atoms. The van der Waals surface area contributed by atoms with Crippen LogP contribution in [0.25, 0.3) is 11.0 Å². The first-order valence-electron chi connectivity index (χ1n) is 10.8. The van der Waals surface area contributed by atoms with Gasteiger partial charge < -0.3 is 23.7 Å². The second-order valence-corrected chi connectivity index (χ2v) is 8.90. The van der Waals surface area contributed by atoms with E-state index in [9.17, 15) is 9.59 Å². The maximum absolute atomic E-state index is 12.6. The van der Waals surface area contributed by atoms with E-state index in [4.69, 9.17) is 19.2 Å². The molecule has 1 fully saturated rings. The van der Waals surface area contributed by atoms with Gasteiger partial charge in [-0.3, -0.25) is 0 Å². The highest BCUT2D eigenvalue weighted by Crippen LogP contribution is 2.32. The average molecular weight is 432 g/mol. The first-order chi connectivity index (χ1) is 14.7. The van der Waals surface area contributed by atoms with E-state index < -0.39 is 5.60 Å². The smallest absolute Gasteiger partial charge is 0.410 e. The summed E-state index contributed by atoms with van der Waals surface area (Å²) < 4.78 is 17.9. The fourth-order valence-corrected chi connectivity index (χ4v) is 4.06. The molecule has 0 saturated carbocycles. The standard InChI is InChI=1S/C23H33N3O5/c1-23(2,3)31-22(28)25-12-7-9-16(15-25)20-24-18-11-6-10-17(21(27)30-5)19(18)26(20)13-8-14-29-4/h6,10-11,16H,7-9,12-15H2,1-5H3. The number of piperidine rings is 1. The summed E-state index contributed by atoms with van der Waals surface area (Å²) >= 11 is 0. The van der Waals surface area contributed by atoms with Crippen LogP contribution in [0, 0.1) is 0 Å². The molecular formula is C23H33N3O5. The quantitative estimate of drug-likeness (QED) is 0.508. The largest absolute Gasteiger partial charge is 0.465 e. The number of benzene rings is 1. The number of fused-ring (bicyclic) bond motifs is 1. The number of methoxy groups -OCH3 is 2. The Morgan fingerprint density at radius 3 is 2.68 bits per heavy atom. The van der Waals surface area contributed by atoms with Crippen molar-refractivity contribution in [1.29, 1.82) is 0 Å². The van der Waals surface area contributed by atoms with Crippen LogP contribution in [0.1, 0.15) is 62.1 Å². The van der Waals surface area contributed by atoms with Gasteiger partial charge in [0.25, 0.3) is 0 Å². The Hall–Kier alpha value is -2.61. The molecule has 0 aliphatic carbocycles. The number of ether oxygens (including phenoxy) is 3. The Balaban J connectivity index is 1.97. The SMILES string of the molecule is COCCCn1c(C2CCCN(C(=O)OC(C)(C)C)C2)nc2cccc(C(=O)OC)c21. The number of carbonyl (C=O) groups excluding carboxylic acids is 2. The molecule has 170 valence electrons. The van der Waals surface area contributed by atoms with Crippen molar-refractivity contribution in [2.24, 2.45) is 0 Å². The van der Waals surface area contributed by atoms with Crippen LogP contribution in [0.2, 0.25) is 0 Å². The summed E-state index contributed by atoms with van der Waals surface area (Å²) in [6.45, 7) is 8.09. The van der Waals surface area contributed by atoms with Crippen molar-refractivity contribution in [2.75, 3.05) is 33.9 Å². The number of imidazole rings is 1. The molecule has 2 aromatic rings. The second kappa shape index (κ2) is 9.68. The van der Waals surface area contributed by atoms with Crippen LogP contribution in [0.15, 0.2) is 18.2 Å². The second-order valence-electron chi connectivity index (χ2n) is 8.90. The summed E-state index contributed by atoms with van der Waals surface area (Å²) in [6, 6.07) is 5.49. The summed E-state index contributed by atoms with van der Waals surface area (Å²) in [5, 5.41) is 0. The number of aromatic nitrogens is 2. The highest BCUT2D eigenvalue weighted by Gasteiger charge is 2.31. The first-order valence-corrected chi connectivity index (χ1v) is 10.8. The maximum atomic E-state index is 12.6. The third kappa shape index (κ3) is 5.36. The van der Waals surface area contributed by atoms with Gasteiger partial charge in [0.1, 0.15) is 11.4 Å². The van der Waals surface area contributed by atoms with Gasteiger partial charge in [0.2, 0.25) is 0 Å². The van der Waals surface area contributed by atoms with Crippen molar-refractivity contribution < 1.29 is 23.8 Å². The number of aryl methyl sites for hydroxylation is 1. The average Bonchev–Trinajstić information content (AvgIpc) is 3.11. The lowest BCUT2D eigenvalue weighted by molar-refractivity contribution is 0.0195. The minimum absolute atomic E-state index is 0.0571. The molecule has 1 atom stereocenters. The van der Waals surface area contributed by atoms with E-state index in [0.717, 1.165) is 36.1 Å². The lowest BCUT2D eigenvalue weighted by Crippen LogP contribution is -2.42. The topological polar surface area (TPSA) is 82.9 Å². The number of carbonyl (C=O) groups is 2. The van der Waals surface area contributed by atoms with Crippen molar-refractivity contribution in [1.82, 2.24) is 14.5 Å². The number of rotatable bonds is 6.